The molecule has 0 aliphatic heterocycles. The molecule has 0 bridgehead atoms. The summed E-state index contributed by atoms with van der Waals surface area (Å²) in [5, 5.41) is 2.25. The van der Waals surface area contributed by atoms with Crippen LogP contribution in [-0.2, 0) is 10.0 Å². The molecule has 4 nitrogen and oxygen atoms in total. The van der Waals surface area contributed by atoms with E-state index in [1.165, 1.54) is 0 Å². The smallest absolute Gasteiger partial charge is 0.262 e. The van der Waals surface area contributed by atoms with Crippen molar-refractivity contribution in [3.8, 4) is 0 Å². The second kappa shape index (κ2) is 10.2. The van der Waals surface area contributed by atoms with Crippen LogP contribution in [0.1, 0.15) is 39.5 Å². The van der Waals surface area contributed by atoms with Gasteiger partial charge in [-0.15, -0.1) is 0 Å². The monoisotopic (exact) mass is 444 g/mol. The van der Waals surface area contributed by atoms with Gasteiger partial charge in [0.15, 0.2) is 0 Å². The Morgan fingerprint density at radius 2 is 1.43 bits per heavy atom. The van der Waals surface area contributed by atoms with E-state index in [4.69, 9.17) is 11.6 Å². The molecule has 0 amide bonds. The van der Waals surface area contributed by atoms with Crippen molar-refractivity contribution in [2.75, 3.05) is 22.7 Å². The van der Waals surface area contributed by atoms with Gasteiger partial charge in [-0.05, 0) is 49.2 Å². The van der Waals surface area contributed by atoms with E-state index in [-0.39, 0.29) is 4.90 Å². The number of halogens is 1. The molecule has 3 rings (SSSR count). The Balaban J connectivity index is 2.02. The fraction of sp³-hybridized carbons (Fsp3) is 0.333. The summed E-state index contributed by atoms with van der Waals surface area (Å²) in [5.41, 5.74) is 1.58. The average Bonchev–Trinajstić information content (AvgIpc) is 2.74. The van der Waals surface area contributed by atoms with Gasteiger partial charge in [-0.2, -0.15) is 0 Å². The summed E-state index contributed by atoms with van der Waals surface area (Å²) < 4.78 is 29.0. The molecule has 0 spiro atoms. The molecule has 1 N–H and O–H groups in total. The van der Waals surface area contributed by atoms with Crippen LogP contribution in [0.25, 0.3) is 10.8 Å². The molecule has 0 saturated carbocycles. The highest BCUT2D eigenvalue weighted by Crippen LogP contribution is 2.32. The van der Waals surface area contributed by atoms with Gasteiger partial charge >= 0.3 is 0 Å². The first-order valence-corrected chi connectivity index (χ1v) is 12.4. The van der Waals surface area contributed by atoms with Crippen molar-refractivity contribution in [2.24, 2.45) is 0 Å². The van der Waals surface area contributed by atoms with Crippen molar-refractivity contribution in [1.29, 1.82) is 0 Å². The third-order valence-electron chi connectivity index (χ3n) is 5.15. The number of nitrogens with one attached hydrogen (secondary N) is 1. The van der Waals surface area contributed by atoms with E-state index in [0.29, 0.717) is 10.7 Å². The summed E-state index contributed by atoms with van der Waals surface area (Å²) in [7, 11) is -3.74. The first kappa shape index (κ1) is 22.4. The second-order valence-electron chi connectivity index (χ2n) is 7.43. The molecule has 0 radical (unpaired) electrons. The van der Waals surface area contributed by atoms with E-state index >= 15 is 0 Å². The molecular weight excluding hydrogens is 416 g/mol. The number of benzene rings is 3. The van der Waals surface area contributed by atoms with Gasteiger partial charge in [0.25, 0.3) is 10.0 Å². The number of rotatable bonds is 10. The molecule has 0 unspecified atom stereocenters. The summed E-state index contributed by atoms with van der Waals surface area (Å²) >= 11 is 5.92. The fourth-order valence-electron chi connectivity index (χ4n) is 3.55. The summed E-state index contributed by atoms with van der Waals surface area (Å²) in [4.78, 5) is 2.67. The summed E-state index contributed by atoms with van der Waals surface area (Å²) in [6.07, 6.45) is 4.46. The van der Waals surface area contributed by atoms with Crippen LogP contribution >= 0.6 is 11.6 Å². The fourth-order valence-corrected chi connectivity index (χ4v) is 4.96. The Bertz CT molecular complexity index is 1070. The Morgan fingerprint density at radius 1 is 0.833 bits per heavy atom. The number of sulfonamides is 1. The van der Waals surface area contributed by atoms with Crippen LogP contribution in [0, 0.1) is 0 Å². The molecule has 0 aliphatic rings. The van der Waals surface area contributed by atoms with E-state index in [1.54, 1.807) is 30.3 Å². The van der Waals surface area contributed by atoms with Gasteiger partial charge in [0.2, 0.25) is 0 Å². The van der Waals surface area contributed by atoms with Crippen LogP contribution in [0.15, 0.2) is 65.6 Å². The minimum atomic E-state index is -3.74. The third-order valence-corrected chi connectivity index (χ3v) is 6.84. The predicted molar refractivity (Wildman–Crippen MR) is 128 cm³/mol. The van der Waals surface area contributed by atoms with Crippen molar-refractivity contribution < 1.29 is 8.42 Å². The molecule has 0 saturated heterocycles. The van der Waals surface area contributed by atoms with Gasteiger partial charge in [-0.25, -0.2) is 8.42 Å². The molecule has 0 heterocycles. The molecule has 0 aromatic heterocycles. The van der Waals surface area contributed by atoms with Crippen molar-refractivity contribution in [3.05, 3.63) is 65.7 Å². The lowest BCUT2D eigenvalue weighted by atomic mass is 10.1. The topological polar surface area (TPSA) is 49.4 Å². The van der Waals surface area contributed by atoms with Crippen LogP contribution in [0.4, 0.5) is 11.4 Å². The molecule has 30 heavy (non-hydrogen) atoms. The molecule has 0 aliphatic carbocycles. The summed E-state index contributed by atoms with van der Waals surface area (Å²) in [6, 6.07) is 18.1. The standard InChI is InChI=1S/C24H29ClN2O2S/c1-3-5-17-27(18-6-4-2)23-11-7-10-22-21(23)9-8-12-24(22)30(28,29)26-20-15-13-19(25)14-16-20/h7-16,26H,3-6,17-18H2,1-2H3. The maximum absolute atomic E-state index is 13.2. The quantitative estimate of drug-likeness (QED) is 0.378. The number of unbranched alkanes of at least 4 members (excludes halogenated alkanes) is 2. The molecule has 0 atom stereocenters. The van der Waals surface area contributed by atoms with E-state index in [1.807, 2.05) is 24.3 Å². The zero-order valence-corrected chi connectivity index (χ0v) is 19.1. The molecule has 160 valence electrons. The number of fused-ring (bicyclic) bond motifs is 1. The van der Waals surface area contributed by atoms with Gasteiger partial charge in [0, 0.05) is 40.3 Å². The van der Waals surface area contributed by atoms with Crippen LogP contribution in [-0.4, -0.2) is 21.5 Å². The number of anilines is 2. The Morgan fingerprint density at radius 3 is 2.07 bits per heavy atom. The van der Waals surface area contributed by atoms with E-state index < -0.39 is 10.0 Å². The van der Waals surface area contributed by atoms with Crippen molar-refractivity contribution in [3.63, 3.8) is 0 Å². The number of hydrogen-bond acceptors (Lipinski definition) is 3. The van der Waals surface area contributed by atoms with Crippen molar-refractivity contribution in [1.82, 2.24) is 0 Å². The first-order valence-electron chi connectivity index (χ1n) is 10.5. The molecule has 3 aromatic carbocycles. The van der Waals surface area contributed by atoms with E-state index in [0.717, 1.165) is 55.2 Å². The lowest BCUT2D eigenvalue weighted by molar-refractivity contribution is 0.602. The zero-order valence-electron chi connectivity index (χ0n) is 17.6. The summed E-state index contributed by atoms with van der Waals surface area (Å²) in [5.74, 6) is 0. The van der Waals surface area contributed by atoms with Gasteiger partial charge in [0.05, 0.1) is 4.90 Å². The minimum absolute atomic E-state index is 0.280. The highest BCUT2D eigenvalue weighted by Gasteiger charge is 2.19. The lowest BCUT2D eigenvalue weighted by Gasteiger charge is -2.26. The molecular formula is C24H29ClN2O2S. The van der Waals surface area contributed by atoms with Crippen molar-refractivity contribution in [2.45, 2.75) is 44.4 Å². The molecule has 3 aromatic rings. The van der Waals surface area contributed by atoms with Crippen LogP contribution in [0.3, 0.4) is 0 Å². The van der Waals surface area contributed by atoms with Crippen LogP contribution < -0.4 is 9.62 Å². The Labute approximate surface area is 184 Å². The minimum Gasteiger partial charge on any atom is -0.371 e. The van der Waals surface area contributed by atoms with E-state index in [2.05, 4.69) is 29.5 Å². The maximum atomic E-state index is 13.2. The lowest BCUT2D eigenvalue weighted by Crippen LogP contribution is -2.25. The van der Waals surface area contributed by atoms with Gasteiger partial charge in [-0.3, -0.25) is 4.72 Å². The molecule has 6 heteroatoms. The molecule has 0 fully saturated rings. The Kier molecular flexibility index (Phi) is 7.62. The highest BCUT2D eigenvalue weighted by atomic mass is 35.5. The Hall–Kier alpha value is -2.24. The van der Waals surface area contributed by atoms with Gasteiger partial charge in [0.1, 0.15) is 0 Å². The second-order valence-corrected chi connectivity index (χ2v) is 9.52. The van der Waals surface area contributed by atoms with E-state index in [9.17, 15) is 8.42 Å². The number of hydrogen-bond donors (Lipinski definition) is 1. The van der Waals surface area contributed by atoms with Crippen molar-refractivity contribution >= 4 is 43.8 Å². The maximum Gasteiger partial charge on any atom is 0.262 e. The van der Waals surface area contributed by atoms with Crippen LogP contribution in [0.2, 0.25) is 5.02 Å². The third kappa shape index (κ3) is 5.27. The SMILES string of the molecule is CCCCN(CCCC)c1cccc2c(S(=O)(=O)Nc3ccc(Cl)cc3)cccc12. The predicted octanol–water partition coefficient (Wildman–Crippen LogP) is 6.70. The van der Waals surface area contributed by atoms with Gasteiger partial charge < -0.3 is 4.90 Å². The largest absolute Gasteiger partial charge is 0.371 e. The van der Waals surface area contributed by atoms with Gasteiger partial charge in [-0.1, -0.05) is 62.6 Å². The number of nitrogens with zero attached hydrogens (tertiary/aromatic N) is 1. The first-order chi connectivity index (χ1) is 14.5. The zero-order chi connectivity index (χ0) is 21.6. The summed E-state index contributed by atoms with van der Waals surface area (Å²) in [6.45, 7) is 6.31. The highest BCUT2D eigenvalue weighted by molar-refractivity contribution is 7.93. The average molecular weight is 445 g/mol. The normalized spacial score (nSPS) is 11.6. The van der Waals surface area contributed by atoms with Crippen LogP contribution in [0.5, 0.6) is 0 Å².